The maximum absolute atomic E-state index is 4.75. The molecule has 2 heteroatoms. The molecule has 2 nitrogen and oxygen atoms in total. The Morgan fingerprint density at radius 3 is 2.75 bits per heavy atom. The van der Waals surface area contributed by atoms with Crippen LogP contribution in [0.1, 0.15) is 11.3 Å². The molecular weight excluding hydrogens is 150 g/mol. The molecule has 1 aromatic heterocycles. The van der Waals surface area contributed by atoms with Gasteiger partial charge < -0.3 is 4.42 Å². The molecule has 0 aliphatic carbocycles. The number of hydrogen-bond acceptors (Lipinski definition) is 2. The Balaban J connectivity index is 2.15. The largest absolute Gasteiger partial charge is 0.441 e. The van der Waals surface area contributed by atoms with Crippen LogP contribution in [-0.4, -0.2) is 4.98 Å². The van der Waals surface area contributed by atoms with Gasteiger partial charge in [0.25, 0.3) is 6.39 Å². The number of nitrogens with zero attached hydrogens (tertiary/aromatic N) is 1. The Labute approximate surface area is 70.9 Å². The Kier molecular flexibility index (Phi) is 1.90. The molecule has 0 amide bonds. The highest BCUT2D eigenvalue weighted by atomic mass is 16.3. The van der Waals surface area contributed by atoms with Gasteiger partial charge in [-0.1, -0.05) is 30.3 Å². The van der Waals surface area contributed by atoms with Crippen LogP contribution in [0.15, 0.2) is 41.0 Å². The van der Waals surface area contributed by atoms with E-state index >= 15 is 0 Å². The molecule has 1 heterocycles. The minimum absolute atomic E-state index is 0.813. The third kappa shape index (κ3) is 1.53. The fourth-order valence-electron chi connectivity index (χ4n) is 1.09. The zero-order valence-electron chi connectivity index (χ0n) is 6.53. The van der Waals surface area contributed by atoms with Gasteiger partial charge in [-0.3, -0.25) is 0 Å². The van der Waals surface area contributed by atoms with Crippen molar-refractivity contribution >= 4 is 0 Å². The van der Waals surface area contributed by atoms with E-state index in [4.69, 9.17) is 4.42 Å². The summed E-state index contributed by atoms with van der Waals surface area (Å²) in [6.45, 7) is 0. The lowest BCUT2D eigenvalue weighted by Crippen LogP contribution is -1.86. The van der Waals surface area contributed by atoms with Crippen molar-refractivity contribution in [3.63, 3.8) is 0 Å². The monoisotopic (exact) mass is 158 g/mol. The number of rotatable bonds is 2. The predicted octanol–water partition coefficient (Wildman–Crippen LogP) is 2.07. The van der Waals surface area contributed by atoms with Crippen LogP contribution >= 0.6 is 0 Å². The van der Waals surface area contributed by atoms with Crippen LogP contribution in [0.5, 0.6) is 0 Å². The van der Waals surface area contributed by atoms with Crippen molar-refractivity contribution in [2.24, 2.45) is 0 Å². The van der Waals surface area contributed by atoms with Gasteiger partial charge in [0.15, 0.2) is 0 Å². The molecule has 0 atom stereocenters. The second-order valence-electron chi connectivity index (χ2n) is 2.59. The van der Waals surface area contributed by atoms with Gasteiger partial charge in [-0.05, 0) is 5.56 Å². The molecule has 0 spiro atoms. The van der Waals surface area contributed by atoms with Crippen LogP contribution in [0.3, 0.4) is 0 Å². The molecule has 0 aliphatic heterocycles. The molecule has 2 aromatic rings. The standard InChI is InChI=1S/C10H8NO/c1-2-4-9(5-3-1)6-10-7-12-8-11-10/h1-5,7H,6H2. The van der Waals surface area contributed by atoms with E-state index in [2.05, 4.69) is 23.5 Å². The molecule has 0 unspecified atom stereocenters. The summed E-state index contributed by atoms with van der Waals surface area (Å²) in [6, 6.07) is 10.2. The first kappa shape index (κ1) is 7.10. The van der Waals surface area contributed by atoms with Crippen LogP contribution < -0.4 is 0 Å². The molecule has 1 aromatic carbocycles. The third-order valence-electron chi connectivity index (χ3n) is 1.66. The Morgan fingerprint density at radius 2 is 2.08 bits per heavy atom. The molecule has 0 bridgehead atoms. The van der Waals surface area contributed by atoms with E-state index in [9.17, 15) is 0 Å². The third-order valence-corrected chi connectivity index (χ3v) is 1.66. The second-order valence-corrected chi connectivity index (χ2v) is 2.59. The second kappa shape index (κ2) is 3.22. The molecule has 1 radical (unpaired) electrons. The smallest absolute Gasteiger partial charge is 0.283 e. The number of oxazole rings is 1. The Morgan fingerprint density at radius 1 is 1.25 bits per heavy atom. The first-order valence-electron chi connectivity index (χ1n) is 3.79. The fraction of sp³-hybridized carbons (Fsp3) is 0.100. The summed E-state index contributed by atoms with van der Waals surface area (Å²) in [6.07, 6.45) is 4.86. The molecule has 0 N–H and O–H groups in total. The van der Waals surface area contributed by atoms with Gasteiger partial charge in [0.1, 0.15) is 6.26 Å². The SMILES string of the molecule is [c]1nc(Cc2ccccc2)co1. The normalized spacial score (nSPS) is 10.0. The van der Waals surface area contributed by atoms with E-state index in [1.807, 2.05) is 18.2 Å². The fourth-order valence-corrected chi connectivity index (χ4v) is 1.09. The first-order valence-corrected chi connectivity index (χ1v) is 3.79. The summed E-state index contributed by atoms with van der Waals surface area (Å²) >= 11 is 0. The number of benzene rings is 1. The van der Waals surface area contributed by atoms with E-state index in [1.54, 1.807) is 6.26 Å². The highest BCUT2D eigenvalue weighted by Gasteiger charge is 1.97. The van der Waals surface area contributed by atoms with Crippen molar-refractivity contribution in [2.75, 3.05) is 0 Å². The van der Waals surface area contributed by atoms with Crippen LogP contribution in [0.4, 0.5) is 0 Å². The summed E-state index contributed by atoms with van der Waals surface area (Å²) in [4.78, 5) is 3.92. The minimum Gasteiger partial charge on any atom is -0.441 e. The lowest BCUT2D eigenvalue weighted by Gasteiger charge is -1.94. The topological polar surface area (TPSA) is 26.0 Å². The van der Waals surface area contributed by atoms with E-state index in [0.29, 0.717) is 0 Å². The quantitative estimate of drug-likeness (QED) is 0.668. The van der Waals surface area contributed by atoms with Crippen LogP contribution in [0.2, 0.25) is 0 Å². The van der Waals surface area contributed by atoms with Gasteiger partial charge in [0.2, 0.25) is 0 Å². The van der Waals surface area contributed by atoms with Crippen molar-refractivity contribution < 1.29 is 4.42 Å². The predicted molar refractivity (Wildman–Crippen MR) is 44.6 cm³/mol. The molecule has 59 valence electrons. The van der Waals surface area contributed by atoms with E-state index < -0.39 is 0 Å². The van der Waals surface area contributed by atoms with E-state index in [0.717, 1.165) is 12.1 Å². The molecule has 0 fully saturated rings. The van der Waals surface area contributed by atoms with Gasteiger partial charge >= 0.3 is 0 Å². The molecule has 2 rings (SSSR count). The zero-order chi connectivity index (χ0) is 8.23. The summed E-state index contributed by atoms with van der Waals surface area (Å²) < 4.78 is 4.75. The summed E-state index contributed by atoms with van der Waals surface area (Å²) in [7, 11) is 0. The molecule has 0 aliphatic rings. The molecule has 0 saturated carbocycles. The Bertz CT molecular complexity index is 326. The van der Waals surface area contributed by atoms with Gasteiger partial charge in [-0.25, -0.2) is 4.98 Å². The van der Waals surface area contributed by atoms with Crippen molar-refractivity contribution in [3.05, 3.63) is 54.2 Å². The Hall–Kier alpha value is -1.57. The number of aromatic nitrogens is 1. The lowest BCUT2D eigenvalue weighted by atomic mass is 10.1. The van der Waals surface area contributed by atoms with Crippen LogP contribution in [0.25, 0.3) is 0 Å². The summed E-state index contributed by atoms with van der Waals surface area (Å²) in [5.41, 5.74) is 2.15. The number of hydrogen-bond donors (Lipinski definition) is 0. The maximum atomic E-state index is 4.75. The zero-order valence-corrected chi connectivity index (χ0v) is 6.53. The van der Waals surface area contributed by atoms with Crippen LogP contribution in [0, 0.1) is 6.39 Å². The van der Waals surface area contributed by atoms with Crippen molar-refractivity contribution in [1.29, 1.82) is 0 Å². The van der Waals surface area contributed by atoms with Crippen LogP contribution in [-0.2, 0) is 6.42 Å². The highest BCUT2D eigenvalue weighted by molar-refractivity contribution is 5.19. The maximum Gasteiger partial charge on any atom is 0.283 e. The molecular formula is C10H8NO. The lowest BCUT2D eigenvalue weighted by molar-refractivity contribution is 0.546. The average Bonchev–Trinajstić information content (AvgIpc) is 2.59. The minimum atomic E-state index is 0.813. The molecule has 12 heavy (non-hydrogen) atoms. The summed E-state index contributed by atoms with van der Waals surface area (Å²) in [5.74, 6) is 0. The van der Waals surface area contributed by atoms with Crippen molar-refractivity contribution in [3.8, 4) is 0 Å². The first-order chi connectivity index (χ1) is 5.95. The highest BCUT2D eigenvalue weighted by Crippen LogP contribution is 2.05. The summed E-state index contributed by atoms with van der Waals surface area (Å²) in [5, 5.41) is 0. The van der Waals surface area contributed by atoms with E-state index in [-0.39, 0.29) is 0 Å². The average molecular weight is 158 g/mol. The van der Waals surface area contributed by atoms with Crippen molar-refractivity contribution in [2.45, 2.75) is 6.42 Å². The van der Waals surface area contributed by atoms with Gasteiger partial charge in [0.05, 0.1) is 5.69 Å². The van der Waals surface area contributed by atoms with Gasteiger partial charge in [-0.2, -0.15) is 0 Å². The van der Waals surface area contributed by atoms with Gasteiger partial charge in [-0.15, -0.1) is 0 Å². The molecule has 0 saturated heterocycles. The van der Waals surface area contributed by atoms with Crippen molar-refractivity contribution in [1.82, 2.24) is 4.98 Å². The van der Waals surface area contributed by atoms with Gasteiger partial charge in [0, 0.05) is 6.42 Å². The van der Waals surface area contributed by atoms with E-state index in [1.165, 1.54) is 5.56 Å².